The van der Waals surface area contributed by atoms with Gasteiger partial charge >= 0.3 is 0 Å². The van der Waals surface area contributed by atoms with Gasteiger partial charge in [-0.1, -0.05) is 35.9 Å². The maximum absolute atomic E-state index is 12.7. The predicted octanol–water partition coefficient (Wildman–Crippen LogP) is 3.97. The van der Waals surface area contributed by atoms with Gasteiger partial charge in [0.15, 0.2) is 5.76 Å². The summed E-state index contributed by atoms with van der Waals surface area (Å²) in [5, 5.41) is 10.8. The van der Waals surface area contributed by atoms with Crippen molar-refractivity contribution in [2.45, 2.75) is 26.5 Å². The highest BCUT2D eigenvalue weighted by Gasteiger charge is 2.39. The molecule has 0 aliphatic carbocycles. The Labute approximate surface area is 156 Å². The molecule has 1 N–H and O–H groups in total. The van der Waals surface area contributed by atoms with Gasteiger partial charge < -0.3 is 9.84 Å². The second-order valence-electron chi connectivity index (χ2n) is 6.24. The van der Waals surface area contributed by atoms with Gasteiger partial charge in [0.1, 0.15) is 5.75 Å². The summed E-state index contributed by atoms with van der Waals surface area (Å²) in [6.07, 6.45) is 0.0259. The van der Waals surface area contributed by atoms with E-state index in [1.807, 2.05) is 13.8 Å². The molecule has 0 aromatic heterocycles. The van der Waals surface area contributed by atoms with E-state index in [0.717, 1.165) is 10.5 Å². The second-order valence-corrected chi connectivity index (χ2v) is 6.67. The molecule has 2 aromatic rings. The van der Waals surface area contributed by atoms with E-state index in [1.165, 1.54) is 0 Å². The van der Waals surface area contributed by atoms with Crippen LogP contribution in [0.2, 0.25) is 5.02 Å². The van der Waals surface area contributed by atoms with Gasteiger partial charge in [0.05, 0.1) is 18.2 Å². The van der Waals surface area contributed by atoms with E-state index in [2.05, 4.69) is 0 Å². The number of ether oxygens (including phenoxy) is 1. The first-order chi connectivity index (χ1) is 12.4. The van der Waals surface area contributed by atoms with Crippen molar-refractivity contribution >= 4 is 29.0 Å². The lowest BCUT2D eigenvalue weighted by Gasteiger charge is -2.15. The lowest BCUT2D eigenvalue weighted by atomic mass is 10.1. The lowest BCUT2D eigenvalue weighted by molar-refractivity contribution is -0.138. The average Bonchev–Trinajstić information content (AvgIpc) is 2.81. The molecule has 0 bridgehead atoms. The number of hydrogen-bond donors (Lipinski definition) is 1. The van der Waals surface area contributed by atoms with Crippen LogP contribution in [-0.2, 0) is 16.1 Å². The fourth-order valence-electron chi connectivity index (χ4n) is 2.71. The van der Waals surface area contributed by atoms with Crippen LogP contribution in [0, 0.1) is 0 Å². The van der Waals surface area contributed by atoms with Crippen molar-refractivity contribution in [3.05, 3.63) is 70.4 Å². The van der Waals surface area contributed by atoms with E-state index in [1.54, 1.807) is 48.5 Å². The number of benzene rings is 2. The maximum Gasteiger partial charge on any atom is 0.296 e. The van der Waals surface area contributed by atoms with E-state index in [4.69, 9.17) is 16.3 Å². The van der Waals surface area contributed by atoms with Gasteiger partial charge in [0, 0.05) is 5.02 Å². The van der Waals surface area contributed by atoms with Crippen LogP contribution in [0.1, 0.15) is 25.0 Å². The van der Waals surface area contributed by atoms with Crippen LogP contribution >= 0.6 is 11.6 Å². The fourth-order valence-corrected chi connectivity index (χ4v) is 2.84. The first-order valence-corrected chi connectivity index (χ1v) is 8.55. The first kappa shape index (κ1) is 18.0. The van der Waals surface area contributed by atoms with Crippen LogP contribution in [0.3, 0.4) is 0 Å². The molecule has 134 valence electrons. The molecular weight excluding hydrogens is 354 g/mol. The summed E-state index contributed by atoms with van der Waals surface area (Å²) in [5.41, 5.74) is 1.21. The van der Waals surface area contributed by atoms with Gasteiger partial charge in [0.2, 0.25) is 0 Å². The van der Waals surface area contributed by atoms with E-state index in [-0.39, 0.29) is 18.2 Å². The van der Waals surface area contributed by atoms with E-state index in [0.29, 0.717) is 16.3 Å². The molecule has 1 aliphatic heterocycles. The smallest absolute Gasteiger partial charge is 0.296 e. The van der Waals surface area contributed by atoms with Gasteiger partial charge in [-0.15, -0.1) is 0 Å². The number of halogens is 1. The number of rotatable bonds is 5. The van der Waals surface area contributed by atoms with Gasteiger partial charge in [-0.05, 0) is 49.2 Å². The molecule has 5 nitrogen and oxygen atoms in total. The molecule has 1 heterocycles. The summed E-state index contributed by atoms with van der Waals surface area (Å²) in [4.78, 5) is 26.0. The predicted molar refractivity (Wildman–Crippen MR) is 98.8 cm³/mol. The number of aliphatic hydroxyl groups is 1. The van der Waals surface area contributed by atoms with Crippen LogP contribution in [-0.4, -0.2) is 27.9 Å². The highest BCUT2D eigenvalue weighted by atomic mass is 35.5. The molecule has 0 saturated heterocycles. The zero-order chi connectivity index (χ0) is 18.8. The van der Waals surface area contributed by atoms with Crippen molar-refractivity contribution in [3.8, 4) is 5.75 Å². The lowest BCUT2D eigenvalue weighted by Crippen LogP contribution is -2.31. The minimum Gasteiger partial charge on any atom is -0.502 e. The third-order valence-electron chi connectivity index (χ3n) is 3.91. The number of carbonyl (C=O) groups is 2. The molecule has 2 amide bonds. The van der Waals surface area contributed by atoms with Crippen LogP contribution < -0.4 is 4.74 Å². The molecule has 1 aliphatic rings. The second kappa shape index (κ2) is 7.22. The van der Waals surface area contributed by atoms with Crippen LogP contribution in [0.15, 0.2) is 54.3 Å². The maximum atomic E-state index is 12.7. The van der Waals surface area contributed by atoms with Crippen molar-refractivity contribution in [1.82, 2.24) is 4.90 Å². The van der Waals surface area contributed by atoms with Gasteiger partial charge in [-0.25, -0.2) is 0 Å². The summed E-state index contributed by atoms with van der Waals surface area (Å²) < 4.78 is 5.56. The fraction of sp³-hybridized carbons (Fsp3) is 0.200. The van der Waals surface area contributed by atoms with Crippen LogP contribution in [0.5, 0.6) is 5.75 Å². The van der Waals surface area contributed by atoms with Crippen molar-refractivity contribution in [2.24, 2.45) is 0 Å². The largest absolute Gasteiger partial charge is 0.502 e. The summed E-state index contributed by atoms with van der Waals surface area (Å²) in [6.45, 7) is 3.89. The summed E-state index contributed by atoms with van der Waals surface area (Å²) in [7, 11) is 0. The molecule has 0 fully saturated rings. The Morgan fingerprint density at radius 3 is 2.19 bits per heavy atom. The third-order valence-corrected chi connectivity index (χ3v) is 4.16. The summed E-state index contributed by atoms with van der Waals surface area (Å²) >= 11 is 5.85. The minimum absolute atomic E-state index is 0.0000560. The SMILES string of the molecule is CC(C)Oc1ccc(C2=C(O)C(=O)N(Cc3ccc(Cl)cc3)C2=O)cc1. The Hall–Kier alpha value is -2.79. The average molecular weight is 372 g/mol. The number of carbonyl (C=O) groups excluding carboxylic acids is 2. The van der Waals surface area contributed by atoms with E-state index >= 15 is 0 Å². The molecule has 6 heteroatoms. The number of amides is 2. The quantitative estimate of drug-likeness (QED) is 0.808. The Balaban J connectivity index is 1.83. The Morgan fingerprint density at radius 2 is 1.62 bits per heavy atom. The Kier molecular flexibility index (Phi) is 5.00. The summed E-state index contributed by atoms with van der Waals surface area (Å²) in [6, 6.07) is 13.5. The zero-order valence-electron chi connectivity index (χ0n) is 14.4. The summed E-state index contributed by atoms with van der Waals surface area (Å²) in [5.74, 6) is -1.12. The normalized spacial score (nSPS) is 14.5. The van der Waals surface area contributed by atoms with Crippen LogP contribution in [0.25, 0.3) is 5.57 Å². The van der Waals surface area contributed by atoms with Crippen molar-refractivity contribution in [1.29, 1.82) is 0 Å². The number of hydrogen-bond acceptors (Lipinski definition) is 4. The molecule has 0 saturated carbocycles. The third kappa shape index (κ3) is 3.58. The molecule has 0 atom stereocenters. The standard InChI is InChI=1S/C20H18ClNO4/c1-12(2)26-16-9-5-14(6-10-16)17-18(23)20(25)22(19(17)24)11-13-3-7-15(21)8-4-13/h3-10,12,23H,11H2,1-2H3. The Morgan fingerprint density at radius 1 is 1.00 bits per heavy atom. The minimum atomic E-state index is -0.706. The first-order valence-electron chi connectivity index (χ1n) is 8.18. The van der Waals surface area contributed by atoms with Gasteiger partial charge in [-0.3, -0.25) is 14.5 Å². The van der Waals surface area contributed by atoms with Gasteiger partial charge in [-0.2, -0.15) is 0 Å². The Bertz CT molecular complexity index is 870. The van der Waals surface area contributed by atoms with E-state index in [9.17, 15) is 14.7 Å². The number of aliphatic hydroxyl groups excluding tert-OH is 1. The number of imide groups is 1. The molecule has 0 radical (unpaired) electrons. The monoisotopic (exact) mass is 371 g/mol. The number of nitrogens with zero attached hydrogens (tertiary/aromatic N) is 1. The van der Waals surface area contributed by atoms with Crippen molar-refractivity contribution in [3.63, 3.8) is 0 Å². The molecule has 0 unspecified atom stereocenters. The molecule has 2 aromatic carbocycles. The van der Waals surface area contributed by atoms with Crippen molar-refractivity contribution in [2.75, 3.05) is 0 Å². The van der Waals surface area contributed by atoms with Crippen molar-refractivity contribution < 1.29 is 19.4 Å². The highest BCUT2D eigenvalue weighted by molar-refractivity contribution is 6.34. The van der Waals surface area contributed by atoms with Crippen LogP contribution in [0.4, 0.5) is 0 Å². The molecule has 3 rings (SSSR count). The van der Waals surface area contributed by atoms with E-state index < -0.39 is 17.6 Å². The molecule has 26 heavy (non-hydrogen) atoms. The topological polar surface area (TPSA) is 66.8 Å². The molecular formula is C20H18ClNO4. The highest BCUT2D eigenvalue weighted by Crippen LogP contribution is 2.30. The zero-order valence-corrected chi connectivity index (χ0v) is 15.2. The van der Waals surface area contributed by atoms with Gasteiger partial charge in [0.25, 0.3) is 11.8 Å². The molecule has 0 spiro atoms.